The largest absolute Gasteiger partial charge is 0.308 e. The Morgan fingerprint density at radius 2 is 1.68 bits per heavy atom. The van der Waals surface area contributed by atoms with Crippen LogP contribution in [0.2, 0.25) is 0 Å². The summed E-state index contributed by atoms with van der Waals surface area (Å²) >= 11 is 1.36. The van der Waals surface area contributed by atoms with Crippen LogP contribution in [0.4, 0.5) is 15.2 Å². The van der Waals surface area contributed by atoms with E-state index in [2.05, 4.69) is 10.3 Å². The highest BCUT2D eigenvalue weighted by Crippen LogP contribution is 2.34. The number of nitrogens with one attached hydrogen (secondary N) is 1. The van der Waals surface area contributed by atoms with E-state index >= 15 is 0 Å². The number of benzene rings is 4. The number of nitrogens with zero attached hydrogens (tertiary/aromatic N) is 2. The third-order valence-corrected chi connectivity index (χ3v) is 7.33. The van der Waals surface area contributed by atoms with E-state index in [1.165, 1.54) is 23.5 Å². The monoisotopic (exact) mass is 519 g/mol. The lowest BCUT2D eigenvalue weighted by Crippen LogP contribution is -2.28. The fraction of sp³-hybridized carbons (Fsp3) is 0.0645. The molecule has 7 heteroatoms. The van der Waals surface area contributed by atoms with Crippen molar-refractivity contribution in [3.8, 4) is 22.4 Å². The Balaban J connectivity index is 1.20. The molecule has 5 nitrogen and oxygen atoms in total. The fourth-order valence-corrected chi connectivity index (χ4v) is 5.44. The number of carbonyl (C=O) groups excluding carboxylic acids is 2. The van der Waals surface area contributed by atoms with Crippen LogP contribution in [0.3, 0.4) is 0 Å². The van der Waals surface area contributed by atoms with Crippen LogP contribution < -0.4 is 10.2 Å². The van der Waals surface area contributed by atoms with Crippen LogP contribution in [-0.2, 0) is 6.42 Å². The summed E-state index contributed by atoms with van der Waals surface area (Å²) < 4.78 is 13.6. The maximum absolute atomic E-state index is 13.6. The van der Waals surface area contributed by atoms with Gasteiger partial charge >= 0.3 is 0 Å². The molecule has 2 amide bonds. The van der Waals surface area contributed by atoms with Crippen LogP contribution in [0.1, 0.15) is 26.3 Å². The second-order valence-corrected chi connectivity index (χ2v) is 9.82. The number of carbonyl (C=O) groups is 2. The smallest absolute Gasteiger partial charge is 0.258 e. The highest BCUT2D eigenvalue weighted by molar-refractivity contribution is 7.14. The van der Waals surface area contributed by atoms with Crippen LogP contribution in [-0.4, -0.2) is 23.3 Å². The number of halogens is 1. The molecule has 0 aliphatic carbocycles. The minimum Gasteiger partial charge on any atom is -0.308 e. The molecule has 6 rings (SSSR count). The van der Waals surface area contributed by atoms with Crippen LogP contribution in [0, 0.1) is 5.82 Å². The van der Waals surface area contributed by atoms with Gasteiger partial charge in [0.25, 0.3) is 11.8 Å². The Morgan fingerprint density at radius 1 is 0.868 bits per heavy atom. The van der Waals surface area contributed by atoms with Crippen molar-refractivity contribution in [1.82, 2.24) is 4.98 Å². The van der Waals surface area contributed by atoms with Crippen molar-refractivity contribution in [3.63, 3.8) is 0 Å². The topological polar surface area (TPSA) is 62.3 Å². The van der Waals surface area contributed by atoms with E-state index in [4.69, 9.17) is 0 Å². The SMILES string of the molecule is O=C(Nc1nc(-c2ccc3c(c2)CCN3C(=O)c2cccc(F)c2)cs1)c1ccccc1-c1ccccc1. The van der Waals surface area contributed by atoms with E-state index in [9.17, 15) is 14.0 Å². The van der Waals surface area contributed by atoms with Gasteiger partial charge in [0, 0.05) is 34.3 Å². The molecule has 0 saturated carbocycles. The van der Waals surface area contributed by atoms with Crippen LogP contribution in [0.15, 0.2) is 102 Å². The van der Waals surface area contributed by atoms with Crippen molar-refractivity contribution in [2.24, 2.45) is 0 Å². The van der Waals surface area contributed by atoms with E-state index in [-0.39, 0.29) is 11.8 Å². The Bertz CT molecular complexity index is 1670. The molecular formula is C31H22FN3O2S. The maximum atomic E-state index is 13.6. The van der Waals surface area contributed by atoms with Gasteiger partial charge in [0.2, 0.25) is 0 Å². The van der Waals surface area contributed by atoms with Crippen molar-refractivity contribution in [1.29, 1.82) is 0 Å². The normalized spacial score (nSPS) is 12.3. The first kappa shape index (κ1) is 23.8. The second-order valence-electron chi connectivity index (χ2n) is 8.96. The van der Waals surface area contributed by atoms with Crippen molar-refractivity contribution >= 4 is 34.0 Å². The molecule has 5 aromatic rings. The molecule has 0 fully saturated rings. The van der Waals surface area contributed by atoms with E-state index < -0.39 is 5.82 Å². The number of amides is 2. The van der Waals surface area contributed by atoms with Crippen molar-refractivity contribution in [2.45, 2.75) is 6.42 Å². The number of rotatable bonds is 5. The predicted molar refractivity (Wildman–Crippen MR) is 149 cm³/mol. The Labute approximate surface area is 223 Å². The predicted octanol–water partition coefficient (Wildman–Crippen LogP) is 7.07. The van der Waals surface area contributed by atoms with Gasteiger partial charge < -0.3 is 4.90 Å². The molecular weight excluding hydrogens is 497 g/mol. The van der Waals surface area contributed by atoms with E-state index in [0.29, 0.717) is 29.2 Å². The lowest BCUT2D eigenvalue weighted by molar-refractivity contribution is 0.0987. The molecule has 0 atom stereocenters. The average molecular weight is 520 g/mol. The second kappa shape index (κ2) is 10.0. The zero-order valence-corrected chi connectivity index (χ0v) is 21.0. The summed E-state index contributed by atoms with van der Waals surface area (Å²) in [5.74, 6) is -0.864. The molecule has 0 saturated heterocycles. The summed E-state index contributed by atoms with van der Waals surface area (Å²) in [6.45, 7) is 0.535. The van der Waals surface area contributed by atoms with Gasteiger partial charge in [-0.05, 0) is 59.5 Å². The van der Waals surface area contributed by atoms with E-state index in [1.54, 1.807) is 17.0 Å². The standard InChI is InChI=1S/C31H22FN3O2S/c32-24-10-6-9-23(18-24)30(37)35-16-15-22-17-21(13-14-28(22)35)27-19-38-31(33-27)34-29(36)26-12-5-4-11-25(26)20-7-2-1-3-8-20/h1-14,17-19H,15-16H2,(H,33,34,36). The number of hydrogen-bond acceptors (Lipinski definition) is 4. The summed E-state index contributed by atoms with van der Waals surface area (Å²) in [6, 6.07) is 28.9. The zero-order valence-electron chi connectivity index (χ0n) is 20.2. The summed E-state index contributed by atoms with van der Waals surface area (Å²) in [6.07, 6.45) is 0.703. The van der Waals surface area contributed by atoms with Crippen molar-refractivity contribution < 1.29 is 14.0 Å². The third-order valence-electron chi connectivity index (χ3n) is 6.57. The minimum atomic E-state index is -0.430. The van der Waals surface area contributed by atoms with Gasteiger partial charge in [0.05, 0.1) is 5.69 Å². The number of fused-ring (bicyclic) bond motifs is 1. The number of aromatic nitrogens is 1. The molecule has 0 unspecified atom stereocenters. The first-order valence-electron chi connectivity index (χ1n) is 12.2. The van der Waals surface area contributed by atoms with Gasteiger partial charge in [-0.15, -0.1) is 11.3 Å². The lowest BCUT2D eigenvalue weighted by Gasteiger charge is -2.17. The van der Waals surface area contributed by atoms with Crippen LogP contribution in [0.5, 0.6) is 0 Å². The van der Waals surface area contributed by atoms with Gasteiger partial charge in [-0.2, -0.15) is 0 Å². The molecule has 1 aliphatic rings. The Hall–Kier alpha value is -4.62. The number of hydrogen-bond donors (Lipinski definition) is 1. The molecule has 0 bridgehead atoms. The molecule has 4 aromatic carbocycles. The van der Waals surface area contributed by atoms with Crippen molar-refractivity contribution in [2.75, 3.05) is 16.8 Å². The van der Waals surface area contributed by atoms with Gasteiger partial charge in [0.15, 0.2) is 5.13 Å². The highest BCUT2D eigenvalue weighted by atomic mass is 32.1. The molecule has 0 radical (unpaired) electrons. The summed E-state index contributed by atoms with van der Waals surface area (Å²) in [4.78, 5) is 32.4. The van der Waals surface area contributed by atoms with Gasteiger partial charge in [-0.3, -0.25) is 14.9 Å². The van der Waals surface area contributed by atoms with E-state index in [1.807, 2.05) is 78.2 Å². The van der Waals surface area contributed by atoms with Crippen LogP contribution >= 0.6 is 11.3 Å². The molecule has 38 heavy (non-hydrogen) atoms. The van der Waals surface area contributed by atoms with Gasteiger partial charge in [-0.1, -0.05) is 60.7 Å². The van der Waals surface area contributed by atoms with E-state index in [0.717, 1.165) is 33.6 Å². The molecule has 1 aromatic heterocycles. The lowest BCUT2D eigenvalue weighted by atomic mass is 9.99. The maximum Gasteiger partial charge on any atom is 0.258 e. The Morgan fingerprint density at radius 3 is 2.53 bits per heavy atom. The summed E-state index contributed by atoms with van der Waals surface area (Å²) in [5.41, 5.74) is 6.25. The van der Waals surface area contributed by atoms with Gasteiger partial charge in [0.1, 0.15) is 5.82 Å². The fourth-order valence-electron chi connectivity index (χ4n) is 4.73. The number of thiazole rings is 1. The first-order valence-corrected chi connectivity index (χ1v) is 13.1. The number of anilines is 2. The van der Waals surface area contributed by atoms with Crippen LogP contribution in [0.25, 0.3) is 22.4 Å². The quantitative estimate of drug-likeness (QED) is 0.270. The third kappa shape index (κ3) is 4.60. The highest BCUT2D eigenvalue weighted by Gasteiger charge is 2.26. The molecule has 1 aliphatic heterocycles. The average Bonchev–Trinajstić information content (AvgIpc) is 3.60. The minimum absolute atomic E-state index is 0.217. The molecule has 1 N–H and O–H groups in total. The molecule has 0 spiro atoms. The Kier molecular flexibility index (Phi) is 6.27. The first-order chi connectivity index (χ1) is 18.6. The van der Waals surface area contributed by atoms with Crippen molar-refractivity contribution in [3.05, 3.63) is 125 Å². The zero-order chi connectivity index (χ0) is 26.1. The molecule has 2 heterocycles. The summed E-state index contributed by atoms with van der Waals surface area (Å²) in [5, 5.41) is 5.36. The molecule has 186 valence electrons. The van der Waals surface area contributed by atoms with Gasteiger partial charge in [-0.25, -0.2) is 9.37 Å². The summed E-state index contributed by atoms with van der Waals surface area (Å²) in [7, 11) is 0.